The average Bonchev–Trinajstić information content (AvgIpc) is 2.26. The van der Waals surface area contributed by atoms with E-state index in [4.69, 9.17) is 0 Å². The van der Waals surface area contributed by atoms with Crippen molar-refractivity contribution in [3.63, 3.8) is 0 Å². The number of nitrogens with one attached hydrogen (secondary N) is 1. The zero-order valence-corrected chi connectivity index (χ0v) is 11.3. The summed E-state index contributed by atoms with van der Waals surface area (Å²) in [6.07, 6.45) is 1.87. The predicted molar refractivity (Wildman–Crippen MR) is 66.0 cm³/mol. The fourth-order valence-corrected chi connectivity index (χ4v) is 3.48. The van der Waals surface area contributed by atoms with Crippen LogP contribution >= 0.6 is 0 Å². The Morgan fingerprint density at radius 3 is 2.31 bits per heavy atom. The van der Waals surface area contributed by atoms with E-state index in [2.05, 4.69) is 24.3 Å². The summed E-state index contributed by atoms with van der Waals surface area (Å²) < 4.78 is 25.4. The van der Waals surface area contributed by atoms with Crippen LogP contribution in [-0.4, -0.2) is 70.2 Å². The third-order valence-electron chi connectivity index (χ3n) is 3.16. The summed E-state index contributed by atoms with van der Waals surface area (Å²) in [6.45, 7) is 1.85. The van der Waals surface area contributed by atoms with Crippen LogP contribution in [0.4, 0.5) is 0 Å². The molecule has 0 spiro atoms. The Balaban J connectivity index is 2.47. The Labute approximate surface area is 98.8 Å². The first-order valence-electron chi connectivity index (χ1n) is 5.76. The van der Waals surface area contributed by atoms with Crippen LogP contribution in [0.25, 0.3) is 0 Å². The summed E-state index contributed by atoms with van der Waals surface area (Å²) in [5.41, 5.74) is 0. The molecule has 0 atom stereocenters. The molecule has 0 aromatic carbocycles. The van der Waals surface area contributed by atoms with Gasteiger partial charge in [0.15, 0.2) is 0 Å². The summed E-state index contributed by atoms with van der Waals surface area (Å²) in [6, 6.07) is 0.524. The second-order valence-corrected chi connectivity index (χ2v) is 6.60. The van der Waals surface area contributed by atoms with Crippen LogP contribution in [0.2, 0.25) is 0 Å². The molecule has 0 amide bonds. The van der Waals surface area contributed by atoms with Crippen LogP contribution in [-0.2, 0) is 10.0 Å². The fourth-order valence-electron chi connectivity index (χ4n) is 2.00. The van der Waals surface area contributed by atoms with Gasteiger partial charge in [-0.15, -0.1) is 0 Å². The van der Waals surface area contributed by atoms with Gasteiger partial charge in [0.25, 0.3) is 0 Å². The Bertz CT molecular complexity index is 295. The summed E-state index contributed by atoms with van der Waals surface area (Å²) in [7, 11) is 2.83. The normalized spacial score (nSPS) is 20.5. The van der Waals surface area contributed by atoms with Gasteiger partial charge in [-0.2, -0.15) is 0 Å². The van der Waals surface area contributed by atoms with Gasteiger partial charge in [-0.25, -0.2) is 12.7 Å². The molecule has 1 N–H and O–H groups in total. The average molecular weight is 249 g/mol. The number of hydrogen-bond donors (Lipinski definition) is 1. The largest absolute Gasteiger partial charge is 0.319 e. The zero-order valence-electron chi connectivity index (χ0n) is 10.4. The minimum Gasteiger partial charge on any atom is -0.319 e. The molecule has 0 saturated carbocycles. The molecule has 0 radical (unpaired) electrons. The molecular weight excluding hydrogens is 226 g/mol. The Hall–Kier alpha value is -0.170. The van der Waals surface area contributed by atoms with E-state index in [-0.39, 0.29) is 5.75 Å². The van der Waals surface area contributed by atoms with E-state index in [1.807, 2.05) is 0 Å². The maximum atomic E-state index is 11.9. The molecule has 96 valence electrons. The van der Waals surface area contributed by atoms with Gasteiger partial charge in [0.05, 0.1) is 5.75 Å². The lowest BCUT2D eigenvalue weighted by atomic mass is 10.1. The standard InChI is InChI=1S/C10H23N3O2S/c1-11-6-9-16(14,15)13-7-4-10(5-8-13)12(2)3/h10-11H,4-9H2,1-3H3. The first-order valence-corrected chi connectivity index (χ1v) is 7.37. The predicted octanol–water partition coefficient (Wildman–Crippen LogP) is -0.438. The minimum atomic E-state index is -3.04. The van der Waals surface area contributed by atoms with Gasteiger partial charge in [-0.1, -0.05) is 0 Å². The smallest absolute Gasteiger partial charge is 0.215 e. The van der Waals surface area contributed by atoms with E-state index in [0.29, 0.717) is 25.7 Å². The van der Waals surface area contributed by atoms with Gasteiger partial charge in [-0.05, 0) is 34.0 Å². The van der Waals surface area contributed by atoms with Crippen LogP contribution in [0, 0.1) is 0 Å². The lowest BCUT2D eigenvalue weighted by Crippen LogP contribution is -2.45. The van der Waals surface area contributed by atoms with Crippen LogP contribution < -0.4 is 5.32 Å². The number of sulfonamides is 1. The Kier molecular flexibility index (Phi) is 5.17. The molecule has 1 heterocycles. The molecule has 1 saturated heterocycles. The number of rotatable bonds is 5. The summed E-state index contributed by atoms with van der Waals surface area (Å²) in [5, 5.41) is 2.88. The molecule has 0 aromatic rings. The SMILES string of the molecule is CNCCS(=O)(=O)N1CCC(N(C)C)CC1. The molecule has 0 aromatic heterocycles. The molecule has 1 fully saturated rings. The van der Waals surface area contributed by atoms with Crippen molar-refractivity contribution in [1.29, 1.82) is 0 Å². The topological polar surface area (TPSA) is 52.7 Å². The first kappa shape index (κ1) is 13.9. The number of hydrogen-bond acceptors (Lipinski definition) is 4. The Morgan fingerprint density at radius 1 is 1.31 bits per heavy atom. The Morgan fingerprint density at radius 2 is 1.88 bits per heavy atom. The quantitative estimate of drug-likeness (QED) is 0.718. The van der Waals surface area contributed by atoms with E-state index in [9.17, 15) is 8.42 Å². The molecule has 0 unspecified atom stereocenters. The van der Waals surface area contributed by atoms with Gasteiger partial charge in [0.2, 0.25) is 10.0 Å². The van der Waals surface area contributed by atoms with E-state index in [1.54, 1.807) is 11.4 Å². The molecule has 1 aliphatic heterocycles. The highest BCUT2D eigenvalue weighted by molar-refractivity contribution is 7.89. The van der Waals surface area contributed by atoms with Crippen molar-refractivity contribution in [2.45, 2.75) is 18.9 Å². The van der Waals surface area contributed by atoms with Crippen LogP contribution in [0.5, 0.6) is 0 Å². The summed E-state index contributed by atoms with van der Waals surface area (Å²) >= 11 is 0. The molecule has 5 nitrogen and oxygen atoms in total. The first-order chi connectivity index (χ1) is 7.47. The number of piperidine rings is 1. The second kappa shape index (κ2) is 5.95. The lowest BCUT2D eigenvalue weighted by Gasteiger charge is -2.34. The van der Waals surface area contributed by atoms with E-state index < -0.39 is 10.0 Å². The molecule has 0 aliphatic carbocycles. The van der Waals surface area contributed by atoms with Crippen molar-refractivity contribution in [1.82, 2.24) is 14.5 Å². The van der Waals surface area contributed by atoms with Gasteiger partial charge < -0.3 is 10.2 Å². The zero-order chi connectivity index (χ0) is 12.2. The van der Waals surface area contributed by atoms with Crippen molar-refractivity contribution in [2.24, 2.45) is 0 Å². The van der Waals surface area contributed by atoms with Crippen molar-refractivity contribution in [3.8, 4) is 0 Å². The van der Waals surface area contributed by atoms with Gasteiger partial charge >= 0.3 is 0 Å². The van der Waals surface area contributed by atoms with Crippen LogP contribution in [0.1, 0.15) is 12.8 Å². The van der Waals surface area contributed by atoms with Crippen molar-refractivity contribution in [2.75, 3.05) is 46.5 Å². The molecule has 1 aliphatic rings. The van der Waals surface area contributed by atoms with Gasteiger partial charge in [0.1, 0.15) is 0 Å². The molecule has 6 heteroatoms. The summed E-state index contributed by atoms with van der Waals surface area (Å²) in [4.78, 5) is 2.18. The van der Waals surface area contributed by atoms with Gasteiger partial charge in [0, 0.05) is 25.7 Å². The second-order valence-electron chi connectivity index (χ2n) is 4.51. The highest BCUT2D eigenvalue weighted by Crippen LogP contribution is 2.17. The minimum absolute atomic E-state index is 0.204. The van der Waals surface area contributed by atoms with Crippen LogP contribution in [0.3, 0.4) is 0 Å². The fraction of sp³-hybridized carbons (Fsp3) is 1.00. The third-order valence-corrected chi connectivity index (χ3v) is 5.03. The van der Waals surface area contributed by atoms with E-state index >= 15 is 0 Å². The monoisotopic (exact) mass is 249 g/mol. The van der Waals surface area contributed by atoms with Gasteiger partial charge in [-0.3, -0.25) is 0 Å². The van der Waals surface area contributed by atoms with E-state index in [0.717, 1.165) is 12.8 Å². The highest BCUT2D eigenvalue weighted by atomic mass is 32.2. The molecule has 16 heavy (non-hydrogen) atoms. The molecule has 0 bridgehead atoms. The molecule has 1 rings (SSSR count). The lowest BCUT2D eigenvalue weighted by molar-refractivity contribution is 0.196. The highest BCUT2D eigenvalue weighted by Gasteiger charge is 2.27. The summed E-state index contributed by atoms with van der Waals surface area (Å²) in [5.74, 6) is 0.204. The maximum Gasteiger partial charge on any atom is 0.215 e. The van der Waals surface area contributed by atoms with Crippen molar-refractivity contribution < 1.29 is 8.42 Å². The maximum absolute atomic E-state index is 11.9. The van der Waals surface area contributed by atoms with Crippen molar-refractivity contribution in [3.05, 3.63) is 0 Å². The third kappa shape index (κ3) is 3.69. The van der Waals surface area contributed by atoms with Crippen LogP contribution in [0.15, 0.2) is 0 Å². The molecular formula is C10H23N3O2S. The van der Waals surface area contributed by atoms with Crippen molar-refractivity contribution >= 4 is 10.0 Å². The number of nitrogens with zero attached hydrogens (tertiary/aromatic N) is 2. The van der Waals surface area contributed by atoms with E-state index in [1.165, 1.54) is 0 Å².